The van der Waals surface area contributed by atoms with Gasteiger partial charge in [-0.05, 0) is 13.8 Å². The molecule has 2 N–H and O–H groups in total. The molecule has 0 radical (unpaired) electrons. The Hall–Kier alpha value is -0.910. The number of ether oxygens (including phenoxy) is 1. The maximum Gasteiger partial charge on any atom is 0.193 e. The Labute approximate surface area is 92.7 Å². The number of aromatic nitrogens is 2. The third-order valence-corrected chi connectivity index (χ3v) is 2.64. The van der Waals surface area contributed by atoms with E-state index in [1.54, 1.807) is 11.3 Å². The molecule has 2 rings (SSSR count). The SMILES string of the molecule is CC(C)(N)COCc1cn2ccsc2n1. The Bertz CT molecular complexity index is 412. The summed E-state index contributed by atoms with van der Waals surface area (Å²) in [5, 5.41) is 2.01. The second-order valence-corrected chi connectivity index (χ2v) is 5.18. The first kappa shape index (κ1) is 10.6. The zero-order chi connectivity index (χ0) is 10.9. The molecule has 5 heteroatoms. The number of nitrogens with zero attached hydrogens (tertiary/aromatic N) is 2. The summed E-state index contributed by atoms with van der Waals surface area (Å²) in [6.07, 6.45) is 3.97. The topological polar surface area (TPSA) is 52.5 Å². The third kappa shape index (κ3) is 2.77. The highest BCUT2D eigenvalue weighted by Crippen LogP contribution is 2.12. The van der Waals surface area contributed by atoms with Crippen LogP contribution in [-0.4, -0.2) is 21.5 Å². The molecule has 0 unspecified atom stereocenters. The molecule has 2 heterocycles. The number of imidazole rings is 1. The maximum absolute atomic E-state index is 5.81. The van der Waals surface area contributed by atoms with Gasteiger partial charge in [0.15, 0.2) is 4.96 Å². The highest BCUT2D eigenvalue weighted by Gasteiger charge is 2.11. The molecule has 0 aliphatic rings. The standard InChI is InChI=1S/C10H15N3OS/c1-10(2,11)7-14-6-8-5-13-3-4-15-9(13)12-8/h3-5H,6-7,11H2,1-2H3. The molecule has 2 aromatic rings. The molecule has 2 aromatic heterocycles. The van der Waals surface area contributed by atoms with Gasteiger partial charge in [0.25, 0.3) is 0 Å². The van der Waals surface area contributed by atoms with E-state index < -0.39 is 0 Å². The number of hydrogen-bond donors (Lipinski definition) is 1. The van der Waals surface area contributed by atoms with E-state index in [4.69, 9.17) is 10.5 Å². The van der Waals surface area contributed by atoms with Crippen LogP contribution in [0.2, 0.25) is 0 Å². The minimum atomic E-state index is -0.281. The van der Waals surface area contributed by atoms with Crippen molar-refractivity contribution >= 4 is 16.3 Å². The maximum atomic E-state index is 5.81. The van der Waals surface area contributed by atoms with Crippen LogP contribution in [0.15, 0.2) is 17.8 Å². The zero-order valence-corrected chi connectivity index (χ0v) is 9.75. The lowest BCUT2D eigenvalue weighted by atomic mass is 10.1. The minimum absolute atomic E-state index is 0.281. The van der Waals surface area contributed by atoms with Gasteiger partial charge in [0.2, 0.25) is 0 Å². The fourth-order valence-electron chi connectivity index (χ4n) is 1.26. The van der Waals surface area contributed by atoms with Gasteiger partial charge in [-0.25, -0.2) is 4.98 Å². The molecule has 4 nitrogen and oxygen atoms in total. The molecule has 0 aliphatic carbocycles. The Morgan fingerprint density at radius 3 is 3.07 bits per heavy atom. The molecule has 0 saturated heterocycles. The van der Waals surface area contributed by atoms with Crippen LogP contribution in [0.5, 0.6) is 0 Å². The van der Waals surface area contributed by atoms with E-state index in [-0.39, 0.29) is 5.54 Å². The van der Waals surface area contributed by atoms with Gasteiger partial charge in [0, 0.05) is 23.3 Å². The molecule has 82 valence electrons. The quantitative estimate of drug-likeness (QED) is 0.860. The molecule has 0 aromatic carbocycles. The lowest BCUT2D eigenvalue weighted by molar-refractivity contribution is 0.0833. The summed E-state index contributed by atoms with van der Waals surface area (Å²) in [5.41, 5.74) is 6.48. The van der Waals surface area contributed by atoms with Gasteiger partial charge in [-0.15, -0.1) is 11.3 Å². The van der Waals surface area contributed by atoms with Crippen molar-refractivity contribution < 1.29 is 4.74 Å². The summed E-state index contributed by atoms with van der Waals surface area (Å²) in [4.78, 5) is 5.41. The van der Waals surface area contributed by atoms with Crippen molar-refractivity contribution in [3.05, 3.63) is 23.5 Å². The second kappa shape index (κ2) is 3.92. The minimum Gasteiger partial charge on any atom is -0.373 e. The van der Waals surface area contributed by atoms with E-state index in [2.05, 4.69) is 4.98 Å². The summed E-state index contributed by atoms with van der Waals surface area (Å²) >= 11 is 1.62. The highest BCUT2D eigenvalue weighted by molar-refractivity contribution is 7.15. The van der Waals surface area contributed by atoms with Gasteiger partial charge in [-0.3, -0.25) is 4.40 Å². The lowest BCUT2D eigenvalue weighted by Gasteiger charge is -2.17. The van der Waals surface area contributed by atoms with E-state index in [9.17, 15) is 0 Å². The van der Waals surface area contributed by atoms with Crippen LogP contribution in [0.4, 0.5) is 0 Å². The van der Waals surface area contributed by atoms with E-state index in [1.807, 2.05) is 36.0 Å². The summed E-state index contributed by atoms with van der Waals surface area (Å²) < 4.78 is 7.48. The smallest absolute Gasteiger partial charge is 0.193 e. The Morgan fingerprint density at radius 1 is 1.60 bits per heavy atom. The van der Waals surface area contributed by atoms with Gasteiger partial charge in [-0.2, -0.15) is 0 Å². The van der Waals surface area contributed by atoms with Crippen LogP contribution in [0.3, 0.4) is 0 Å². The molecule has 15 heavy (non-hydrogen) atoms. The first-order chi connectivity index (χ1) is 7.04. The normalized spacial score (nSPS) is 12.5. The van der Waals surface area contributed by atoms with Crippen molar-refractivity contribution in [2.24, 2.45) is 5.73 Å². The predicted molar refractivity (Wildman–Crippen MR) is 61.0 cm³/mol. The first-order valence-corrected chi connectivity index (χ1v) is 5.70. The van der Waals surface area contributed by atoms with E-state index in [0.29, 0.717) is 13.2 Å². The van der Waals surface area contributed by atoms with Crippen LogP contribution in [0, 0.1) is 0 Å². The highest BCUT2D eigenvalue weighted by atomic mass is 32.1. The number of rotatable bonds is 4. The molecule has 0 atom stereocenters. The number of hydrogen-bond acceptors (Lipinski definition) is 4. The predicted octanol–water partition coefficient (Wildman–Crippen LogP) is 1.65. The number of nitrogens with two attached hydrogens (primary N) is 1. The van der Waals surface area contributed by atoms with Gasteiger partial charge in [0.05, 0.1) is 18.9 Å². The van der Waals surface area contributed by atoms with Gasteiger partial charge in [0.1, 0.15) is 0 Å². The monoisotopic (exact) mass is 225 g/mol. The van der Waals surface area contributed by atoms with Crippen molar-refractivity contribution in [3.63, 3.8) is 0 Å². The number of fused-ring (bicyclic) bond motifs is 1. The lowest BCUT2D eigenvalue weighted by Crippen LogP contribution is -2.37. The summed E-state index contributed by atoms with van der Waals surface area (Å²) in [5.74, 6) is 0. The molecule has 0 saturated carbocycles. The van der Waals surface area contributed by atoms with Crippen LogP contribution in [0.1, 0.15) is 19.5 Å². The van der Waals surface area contributed by atoms with Crippen LogP contribution >= 0.6 is 11.3 Å². The summed E-state index contributed by atoms with van der Waals surface area (Å²) in [6, 6.07) is 0. The molecule has 0 spiro atoms. The zero-order valence-electron chi connectivity index (χ0n) is 8.93. The van der Waals surface area contributed by atoms with Crippen molar-refractivity contribution in [1.29, 1.82) is 0 Å². The second-order valence-electron chi connectivity index (χ2n) is 4.31. The largest absolute Gasteiger partial charge is 0.373 e. The van der Waals surface area contributed by atoms with Crippen molar-refractivity contribution in [2.75, 3.05) is 6.61 Å². The Morgan fingerprint density at radius 2 is 2.40 bits per heavy atom. The first-order valence-electron chi connectivity index (χ1n) is 4.82. The fraction of sp³-hybridized carbons (Fsp3) is 0.500. The molecule has 0 bridgehead atoms. The van der Waals surface area contributed by atoms with Crippen LogP contribution in [0.25, 0.3) is 4.96 Å². The molecular formula is C10H15N3OS. The van der Waals surface area contributed by atoms with Crippen LogP contribution < -0.4 is 5.73 Å². The molecular weight excluding hydrogens is 210 g/mol. The average Bonchev–Trinajstić information content (AvgIpc) is 2.60. The van der Waals surface area contributed by atoms with E-state index >= 15 is 0 Å². The van der Waals surface area contributed by atoms with E-state index in [0.717, 1.165) is 10.7 Å². The Kier molecular flexibility index (Phi) is 2.77. The van der Waals surface area contributed by atoms with Gasteiger partial charge < -0.3 is 10.5 Å². The Balaban J connectivity index is 1.93. The van der Waals surface area contributed by atoms with Crippen LogP contribution in [-0.2, 0) is 11.3 Å². The van der Waals surface area contributed by atoms with Crippen molar-refractivity contribution in [1.82, 2.24) is 9.38 Å². The molecule has 0 amide bonds. The van der Waals surface area contributed by atoms with E-state index in [1.165, 1.54) is 0 Å². The number of thiazole rings is 1. The fourth-order valence-corrected chi connectivity index (χ4v) is 1.98. The average molecular weight is 225 g/mol. The molecule has 0 fully saturated rings. The van der Waals surface area contributed by atoms with Gasteiger partial charge >= 0.3 is 0 Å². The molecule has 0 aliphatic heterocycles. The third-order valence-electron chi connectivity index (χ3n) is 1.87. The van der Waals surface area contributed by atoms with Crippen molar-refractivity contribution in [2.45, 2.75) is 26.0 Å². The summed E-state index contributed by atoms with van der Waals surface area (Å²) in [6.45, 7) is 4.95. The van der Waals surface area contributed by atoms with Gasteiger partial charge in [-0.1, -0.05) is 0 Å². The summed E-state index contributed by atoms with van der Waals surface area (Å²) in [7, 11) is 0. The van der Waals surface area contributed by atoms with Crippen molar-refractivity contribution in [3.8, 4) is 0 Å².